The van der Waals surface area contributed by atoms with E-state index in [-0.39, 0.29) is 0 Å². The first-order chi connectivity index (χ1) is 11.3. The van der Waals surface area contributed by atoms with Gasteiger partial charge in [-0.2, -0.15) is 0 Å². The van der Waals surface area contributed by atoms with Crippen LogP contribution < -0.4 is 15.4 Å². The summed E-state index contributed by atoms with van der Waals surface area (Å²) >= 11 is 0. The maximum absolute atomic E-state index is 5.84. The monoisotopic (exact) mass is 309 g/mol. The normalized spacial score (nSPS) is 10.9. The summed E-state index contributed by atoms with van der Waals surface area (Å²) in [7, 11) is 1.75. The average Bonchev–Trinajstić information content (AvgIpc) is 2.61. The number of hydrogen-bond donors (Lipinski definition) is 2. The molecule has 0 aromatic heterocycles. The van der Waals surface area contributed by atoms with Crippen molar-refractivity contribution in [2.24, 2.45) is 4.99 Å². The number of nitrogens with one attached hydrogen (secondary N) is 2. The zero-order chi connectivity index (χ0) is 16.3. The second kappa shape index (κ2) is 9.30. The molecule has 0 spiro atoms. The van der Waals surface area contributed by atoms with E-state index < -0.39 is 0 Å². The molecule has 0 fully saturated rings. The number of ether oxygens (including phenoxy) is 1. The molecule has 0 unspecified atom stereocenters. The Balaban J connectivity index is 1.88. The van der Waals surface area contributed by atoms with Crippen LogP contribution in [0.5, 0.6) is 5.75 Å². The predicted octanol–water partition coefficient (Wildman–Crippen LogP) is 3.12. The Bertz CT molecular complexity index is 638. The maximum atomic E-state index is 5.84. The molecular formula is C19H23N3O. The van der Waals surface area contributed by atoms with Crippen molar-refractivity contribution >= 4 is 5.96 Å². The summed E-state index contributed by atoms with van der Waals surface area (Å²) in [5.41, 5.74) is 2.29. The standard InChI is InChI=1S/C19H23N3O/c1-3-12-21-19(20-2)22-14-17-10-7-11-18(13-17)23-15-16-8-5-4-6-9-16/h3-11,13H,1,12,14-15H2,2H3,(H2,20,21,22). The van der Waals surface area contributed by atoms with Crippen LogP contribution in [0, 0.1) is 0 Å². The van der Waals surface area contributed by atoms with Gasteiger partial charge in [0, 0.05) is 20.1 Å². The van der Waals surface area contributed by atoms with Gasteiger partial charge in [0.1, 0.15) is 12.4 Å². The molecule has 0 amide bonds. The fourth-order valence-corrected chi connectivity index (χ4v) is 2.06. The molecule has 0 aliphatic heterocycles. The van der Waals surface area contributed by atoms with E-state index in [2.05, 4.69) is 40.4 Å². The number of nitrogens with zero attached hydrogens (tertiary/aromatic N) is 1. The second-order valence-electron chi connectivity index (χ2n) is 5.02. The van der Waals surface area contributed by atoms with Crippen LogP contribution in [0.25, 0.3) is 0 Å². The maximum Gasteiger partial charge on any atom is 0.191 e. The van der Waals surface area contributed by atoms with Crippen LogP contribution in [0.1, 0.15) is 11.1 Å². The Hall–Kier alpha value is -2.75. The lowest BCUT2D eigenvalue weighted by Crippen LogP contribution is -2.36. The van der Waals surface area contributed by atoms with E-state index in [0.717, 1.165) is 22.8 Å². The van der Waals surface area contributed by atoms with Gasteiger partial charge in [0.25, 0.3) is 0 Å². The SMILES string of the molecule is C=CCNC(=NC)NCc1cccc(OCc2ccccc2)c1. The minimum absolute atomic E-state index is 0.570. The van der Waals surface area contributed by atoms with E-state index in [1.807, 2.05) is 36.4 Å². The summed E-state index contributed by atoms with van der Waals surface area (Å²) in [6.45, 7) is 5.61. The van der Waals surface area contributed by atoms with E-state index in [0.29, 0.717) is 19.7 Å². The number of aliphatic imine (C=N–C) groups is 1. The number of hydrogen-bond acceptors (Lipinski definition) is 2. The average molecular weight is 309 g/mol. The Labute approximate surface area is 137 Å². The molecule has 0 heterocycles. The van der Waals surface area contributed by atoms with Gasteiger partial charge in [0.05, 0.1) is 0 Å². The van der Waals surface area contributed by atoms with Crippen molar-refractivity contribution in [2.75, 3.05) is 13.6 Å². The molecule has 4 heteroatoms. The van der Waals surface area contributed by atoms with E-state index >= 15 is 0 Å². The van der Waals surface area contributed by atoms with Gasteiger partial charge in [-0.15, -0.1) is 6.58 Å². The Morgan fingerprint density at radius 2 is 1.87 bits per heavy atom. The largest absolute Gasteiger partial charge is 0.489 e. The van der Waals surface area contributed by atoms with Gasteiger partial charge in [-0.1, -0.05) is 48.5 Å². The number of rotatable bonds is 7. The molecule has 0 saturated carbocycles. The first-order valence-electron chi connectivity index (χ1n) is 7.63. The highest BCUT2D eigenvalue weighted by atomic mass is 16.5. The van der Waals surface area contributed by atoms with Crippen molar-refractivity contribution in [3.63, 3.8) is 0 Å². The lowest BCUT2D eigenvalue weighted by molar-refractivity contribution is 0.306. The quantitative estimate of drug-likeness (QED) is 0.469. The predicted molar refractivity (Wildman–Crippen MR) is 95.6 cm³/mol. The zero-order valence-electron chi connectivity index (χ0n) is 13.5. The molecular weight excluding hydrogens is 286 g/mol. The van der Waals surface area contributed by atoms with Crippen molar-refractivity contribution < 1.29 is 4.74 Å². The van der Waals surface area contributed by atoms with Crippen LogP contribution in [-0.2, 0) is 13.2 Å². The second-order valence-corrected chi connectivity index (χ2v) is 5.02. The van der Waals surface area contributed by atoms with Crippen LogP contribution in [0.2, 0.25) is 0 Å². The zero-order valence-corrected chi connectivity index (χ0v) is 13.5. The first-order valence-corrected chi connectivity index (χ1v) is 7.63. The fourth-order valence-electron chi connectivity index (χ4n) is 2.06. The van der Waals surface area contributed by atoms with E-state index in [9.17, 15) is 0 Å². The van der Waals surface area contributed by atoms with Gasteiger partial charge in [0.2, 0.25) is 0 Å². The van der Waals surface area contributed by atoms with Crippen molar-refractivity contribution in [1.82, 2.24) is 10.6 Å². The van der Waals surface area contributed by atoms with Gasteiger partial charge in [-0.25, -0.2) is 0 Å². The first kappa shape index (κ1) is 16.6. The van der Waals surface area contributed by atoms with E-state index in [1.165, 1.54) is 0 Å². The van der Waals surface area contributed by atoms with Gasteiger partial charge in [0.15, 0.2) is 5.96 Å². The van der Waals surface area contributed by atoms with Crippen LogP contribution in [0.15, 0.2) is 72.2 Å². The van der Waals surface area contributed by atoms with E-state index in [1.54, 1.807) is 13.1 Å². The lowest BCUT2D eigenvalue weighted by Gasteiger charge is -2.12. The third-order valence-corrected chi connectivity index (χ3v) is 3.24. The summed E-state index contributed by atoms with van der Waals surface area (Å²) < 4.78 is 5.84. The van der Waals surface area contributed by atoms with Crippen LogP contribution in [-0.4, -0.2) is 19.6 Å². The van der Waals surface area contributed by atoms with Gasteiger partial charge in [-0.3, -0.25) is 4.99 Å². The van der Waals surface area contributed by atoms with Crippen LogP contribution in [0.3, 0.4) is 0 Å². The molecule has 0 bridgehead atoms. The van der Waals surface area contributed by atoms with Crippen LogP contribution in [0.4, 0.5) is 0 Å². The molecule has 0 aliphatic carbocycles. The Kier molecular flexibility index (Phi) is 6.72. The topological polar surface area (TPSA) is 45.7 Å². The third-order valence-electron chi connectivity index (χ3n) is 3.24. The Morgan fingerprint density at radius 1 is 1.09 bits per heavy atom. The summed E-state index contributed by atoms with van der Waals surface area (Å²) in [4.78, 5) is 4.15. The molecule has 23 heavy (non-hydrogen) atoms. The molecule has 0 radical (unpaired) electrons. The minimum Gasteiger partial charge on any atom is -0.489 e. The molecule has 4 nitrogen and oxygen atoms in total. The summed E-state index contributed by atoms with van der Waals surface area (Å²) in [5.74, 6) is 1.61. The molecule has 2 aromatic rings. The highest BCUT2D eigenvalue weighted by Crippen LogP contribution is 2.15. The fraction of sp³-hybridized carbons (Fsp3) is 0.211. The molecule has 2 aromatic carbocycles. The van der Waals surface area contributed by atoms with Gasteiger partial charge < -0.3 is 15.4 Å². The molecule has 2 N–H and O–H groups in total. The highest BCUT2D eigenvalue weighted by Gasteiger charge is 2.00. The third kappa shape index (κ3) is 5.87. The van der Waals surface area contributed by atoms with Crippen molar-refractivity contribution in [3.8, 4) is 5.75 Å². The molecule has 120 valence electrons. The summed E-state index contributed by atoms with van der Waals surface area (Å²) in [6, 6.07) is 18.2. The van der Waals surface area contributed by atoms with Gasteiger partial charge >= 0.3 is 0 Å². The van der Waals surface area contributed by atoms with Gasteiger partial charge in [-0.05, 0) is 23.3 Å². The van der Waals surface area contributed by atoms with Crippen molar-refractivity contribution in [2.45, 2.75) is 13.2 Å². The van der Waals surface area contributed by atoms with Crippen molar-refractivity contribution in [3.05, 3.63) is 78.4 Å². The molecule has 2 rings (SSSR count). The summed E-state index contributed by atoms with van der Waals surface area (Å²) in [5, 5.41) is 6.40. The number of benzene rings is 2. The number of guanidine groups is 1. The smallest absolute Gasteiger partial charge is 0.191 e. The Morgan fingerprint density at radius 3 is 2.61 bits per heavy atom. The molecule has 0 saturated heterocycles. The summed E-state index contributed by atoms with van der Waals surface area (Å²) in [6.07, 6.45) is 1.80. The minimum atomic E-state index is 0.570. The van der Waals surface area contributed by atoms with Crippen LogP contribution >= 0.6 is 0 Å². The molecule has 0 aliphatic rings. The van der Waals surface area contributed by atoms with E-state index in [4.69, 9.17) is 4.74 Å². The lowest BCUT2D eigenvalue weighted by atomic mass is 10.2. The highest BCUT2D eigenvalue weighted by molar-refractivity contribution is 5.79. The molecule has 0 atom stereocenters. The van der Waals surface area contributed by atoms with Crippen molar-refractivity contribution in [1.29, 1.82) is 0 Å².